The Balaban J connectivity index is 2.97. The van der Waals surface area contributed by atoms with Crippen LogP contribution in [0.3, 0.4) is 0 Å². The van der Waals surface area contributed by atoms with Gasteiger partial charge in [0.2, 0.25) is 0 Å². The lowest BCUT2D eigenvalue weighted by molar-refractivity contribution is -0.139. The molecule has 0 aliphatic carbocycles. The summed E-state index contributed by atoms with van der Waals surface area (Å²) in [6, 6.07) is 5.01. The highest BCUT2D eigenvalue weighted by atomic mass is 16.5. The van der Waals surface area contributed by atoms with E-state index < -0.39 is 12.0 Å². The van der Waals surface area contributed by atoms with E-state index in [2.05, 4.69) is 33.8 Å². The lowest BCUT2D eigenvalue weighted by Crippen LogP contribution is -2.36. The second-order valence-corrected chi connectivity index (χ2v) is 5.69. The van der Waals surface area contributed by atoms with Gasteiger partial charge in [0, 0.05) is 0 Å². The summed E-state index contributed by atoms with van der Waals surface area (Å²) in [5.74, 6) is -0.344. The molecule has 1 unspecified atom stereocenters. The summed E-state index contributed by atoms with van der Waals surface area (Å²) in [7, 11) is 0. The van der Waals surface area contributed by atoms with Crippen molar-refractivity contribution in [2.45, 2.75) is 45.6 Å². The van der Waals surface area contributed by atoms with Gasteiger partial charge in [-0.3, -0.25) is 4.79 Å². The number of rotatable bonds is 5. The van der Waals surface area contributed by atoms with E-state index in [-0.39, 0.29) is 12.0 Å². The molecule has 0 amide bonds. The largest absolute Gasteiger partial charge is 0.491 e. The van der Waals surface area contributed by atoms with E-state index in [0.717, 1.165) is 12.0 Å². The van der Waals surface area contributed by atoms with Crippen LogP contribution in [0.4, 0.5) is 0 Å². The van der Waals surface area contributed by atoms with Crippen molar-refractivity contribution < 1.29 is 14.6 Å². The molecule has 0 heterocycles. The SMILES string of the molecule is CCc1ccc(OCC(N)C(=O)O)c(C(C)(C)C)c1. The lowest BCUT2D eigenvalue weighted by Gasteiger charge is -2.24. The predicted molar refractivity (Wildman–Crippen MR) is 75.6 cm³/mol. The van der Waals surface area contributed by atoms with Crippen molar-refractivity contribution >= 4 is 5.97 Å². The molecule has 0 aliphatic rings. The first kappa shape index (κ1) is 15.5. The van der Waals surface area contributed by atoms with Crippen LogP contribution in [0, 0.1) is 0 Å². The molecule has 0 saturated carbocycles. The minimum atomic E-state index is -1.05. The Kier molecular flexibility index (Phi) is 4.95. The topological polar surface area (TPSA) is 72.5 Å². The third-order valence-corrected chi connectivity index (χ3v) is 3.00. The fourth-order valence-electron chi connectivity index (χ4n) is 1.76. The van der Waals surface area contributed by atoms with Gasteiger partial charge in [-0.25, -0.2) is 0 Å². The maximum Gasteiger partial charge on any atom is 0.324 e. The molecule has 1 aromatic carbocycles. The Morgan fingerprint density at radius 2 is 2.05 bits per heavy atom. The van der Waals surface area contributed by atoms with Gasteiger partial charge in [0.1, 0.15) is 18.4 Å². The number of nitrogens with two attached hydrogens (primary N) is 1. The minimum Gasteiger partial charge on any atom is -0.491 e. The van der Waals surface area contributed by atoms with Crippen LogP contribution in [0.5, 0.6) is 5.75 Å². The van der Waals surface area contributed by atoms with Gasteiger partial charge < -0.3 is 15.6 Å². The van der Waals surface area contributed by atoms with E-state index in [0.29, 0.717) is 5.75 Å². The minimum absolute atomic E-state index is 0.0239. The molecule has 0 aliphatic heterocycles. The molecule has 1 atom stereocenters. The average molecular weight is 265 g/mol. The maximum absolute atomic E-state index is 10.7. The van der Waals surface area contributed by atoms with Gasteiger partial charge in [-0.05, 0) is 29.0 Å². The summed E-state index contributed by atoms with van der Waals surface area (Å²) >= 11 is 0. The summed E-state index contributed by atoms with van der Waals surface area (Å²) < 4.78 is 5.58. The first-order valence-corrected chi connectivity index (χ1v) is 6.50. The van der Waals surface area contributed by atoms with Crippen molar-refractivity contribution in [2.24, 2.45) is 5.73 Å². The highest BCUT2D eigenvalue weighted by Gasteiger charge is 2.21. The summed E-state index contributed by atoms with van der Waals surface area (Å²) in [4.78, 5) is 10.7. The fourth-order valence-corrected chi connectivity index (χ4v) is 1.76. The van der Waals surface area contributed by atoms with Crippen LogP contribution in [0.2, 0.25) is 0 Å². The molecule has 0 bridgehead atoms. The van der Waals surface area contributed by atoms with E-state index in [9.17, 15) is 4.79 Å². The Morgan fingerprint density at radius 1 is 1.42 bits per heavy atom. The molecule has 1 rings (SSSR count). The highest BCUT2D eigenvalue weighted by molar-refractivity contribution is 5.73. The Hall–Kier alpha value is -1.55. The van der Waals surface area contributed by atoms with Crippen molar-refractivity contribution in [1.82, 2.24) is 0 Å². The quantitative estimate of drug-likeness (QED) is 0.857. The summed E-state index contributed by atoms with van der Waals surface area (Å²) in [5, 5.41) is 8.77. The predicted octanol–water partition coefficient (Wildman–Crippen LogP) is 2.34. The monoisotopic (exact) mass is 265 g/mol. The Labute approximate surface area is 114 Å². The first-order chi connectivity index (χ1) is 8.75. The van der Waals surface area contributed by atoms with Crippen molar-refractivity contribution in [3.8, 4) is 5.75 Å². The number of carboxylic acids is 1. The first-order valence-electron chi connectivity index (χ1n) is 6.50. The number of hydrogen-bond donors (Lipinski definition) is 2. The number of benzene rings is 1. The molecule has 4 nitrogen and oxygen atoms in total. The number of carbonyl (C=O) groups is 1. The zero-order valence-electron chi connectivity index (χ0n) is 12.1. The summed E-state index contributed by atoms with van der Waals surface area (Å²) in [6.07, 6.45) is 0.956. The number of ether oxygens (including phenoxy) is 1. The number of aliphatic carboxylic acids is 1. The van der Waals surface area contributed by atoms with Crippen molar-refractivity contribution in [1.29, 1.82) is 0 Å². The van der Waals surface area contributed by atoms with Gasteiger partial charge in [-0.1, -0.05) is 39.8 Å². The maximum atomic E-state index is 10.7. The zero-order chi connectivity index (χ0) is 14.6. The van der Waals surface area contributed by atoms with Crippen molar-refractivity contribution in [2.75, 3.05) is 6.61 Å². The van der Waals surface area contributed by atoms with Crippen molar-refractivity contribution in [3.05, 3.63) is 29.3 Å². The zero-order valence-corrected chi connectivity index (χ0v) is 12.1. The van der Waals surface area contributed by atoms with E-state index in [1.165, 1.54) is 5.56 Å². The molecule has 106 valence electrons. The molecule has 1 aromatic rings. The van der Waals surface area contributed by atoms with Crippen LogP contribution >= 0.6 is 0 Å². The standard InChI is InChI=1S/C15H23NO3/c1-5-10-6-7-13(11(8-10)15(2,3)4)19-9-12(16)14(17)18/h6-8,12H,5,9,16H2,1-4H3,(H,17,18). The Bertz CT molecular complexity index is 449. The van der Waals surface area contributed by atoms with Crippen molar-refractivity contribution in [3.63, 3.8) is 0 Å². The molecule has 0 aromatic heterocycles. The molecule has 4 heteroatoms. The molecular weight excluding hydrogens is 242 g/mol. The van der Waals surface area contributed by atoms with E-state index >= 15 is 0 Å². The van der Waals surface area contributed by atoms with Gasteiger partial charge in [0.15, 0.2) is 0 Å². The van der Waals surface area contributed by atoms with E-state index in [1.54, 1.807) is 0 Å². The lowest BCUT2D eigenvalue weighted by atomic mass is 9.85. The molecular formula is C15H23NO3. The van der Waals surface area contributed by atoms with Gasteiger partial charge in [-0.2, -0.15) is 0 Å². The normalized spacial score (nSPS) is 13.1. The molecule has 19 heavy (non-hydrogen) atoms. The summed E-state index contributed by atoms with van der Waals surface area (Å²) in [6.45, 7) is 8.38. The van der Waals surface area contributed by atoms with E-state index in [1.807, 2.05) is 12.1 Å². The van der Waals surface area contributed by atoms with Gasteiger partial charge in [-0.15, -0.1) is 0 Å². The van der Waals surface area contributed by atoms with Crippen LogP contribution < -0.4 is 10.5 Å². The molecule has 0 radical (unpaired) electrons. The van der Waals surface area contributed by atoms with Crippen LogP contribution in [0.25, 0.3) is 0 Å². The second kappa shape index (κ2) is 6.06. The van der Waals surface area contributed by atoms with Gasteiger partial charge >= 0.3 is 5.97 Å². The van der Waals surface area contributed by atoms with E-state index in [4.69, 9.17) is 15.6 Å². The number of hydrogen-bond acceptors (Lipinski definition) is 3. The van der Waals surface area contributed by atoms with Gasteiger partial charge in [0.25, 0.3) is 0 Å². The van der Waals surface area contributed by atoms with Crippen LogP contribution in [-0.2, 0) is 16.6 Å². The second-order valence-electron chi connectivity index (χ2n) is 5.69. The highest BCUT2D eigenvalue weighted by Crippen LogP contribution is 2.32. The Morgan fingerprint density at radius 3 is 2.53 bits per heavy atom. The molecule has 0 saturated heterocycles. The summed E-state index contributed by atoms with van der Waals surface area (Å²) in [5.41, 5.74) is 7.70. The number of aryl methyl sites for hydroxylation is 1. The number of carboxylic acid groups (broad SMARTS) is 1. The molecule has 0 fully saturated rings. The smallest absolute Gasteiger partial charge is 0.324 e. The molecule has 3 N–H and O–H groups in total. The van der Waals surface area contributed by atoms with Crippen LogP contribution in [-0.4, -0.2) is 23.7 Å². The fraction of sp³-hybridized carbons (Fsp3) is 0.533. The van der Waals surface area contributed by atoms with Gasteiger partial charge in [0.05, 0.1) is 0 Å². The van der Waals surface area contributed by atoms with Crippen LogP contribution in [0.15, 0.2) is 18.2 Å². The third kappa shape index (κ3) is 4.24. The van der Waals surface area contributed by atoms with Crippen LogP contribution in [0.1, 0.15) is 38.8 Å². The average Bonchev–Trinajstić information content (AvgIpc) is 2.34. The molecule has 0 spiro atoms. The third-order valence-electron chi connectivity index (χ3n) is 3.00.